The Bertz CT molecular complexity index is 374. The molecule has 0 aromatic carbocycles. The van der Waals surface area contributed by atoms with Crippen LogP contribution in [-0.4, -0.2) is 11.1 Å². The van der Waals surface area contributed by atoms with Gasteiger partial charge in [-0.3, -0.25) is 4.79 Å². The fourth-order valence-corrected chi connectivity index (χ4v) is 3.68. The number of allylic oxidation sites excluding steroid dienone is 2. The molecule has 0 amide bonds. The van der Waals surface area contributed by atoms with Crippen molar-refractivity contribution in [2.45, 2.75) is 46.0 Å². The lowest BCUT2D eigenvalue weighted by molar-refractivity contribution is -0.143. The van der Waals surface area contributed by atoms with Gasteiger partial charge < -0.3 is 5.11 Å². The van der Waals surface area contributed by atoms with Gasteiger partial charge in [0.05, 0.1) is 5.41 Å². The van der Waals surface area contributed by atoms with Crippen LogP contribution in [0.15, 0.2) is 11.6 Å². The summed E-state index contributed by atoms with van der Waals surface area (Å²) >= 11 is 0. The Hall–Kier alpha value is -0.790. The molecule has 0 saturated heterocycles. The molecule has 2 nitrogen and oxygen atoms in total. The first-order valence-corrected chi connectivity index (χ1v) is 6.38. The zero-order valence-corrected chi connectivity index (χ0v) is 10.1. The predicted molar refractivity (Wildman–Crippen MR) is 62.0 cm³/mol. The molecular weight excluding hydrogens is 200 g/mol. The number of hydrogen-bond acceptors (Lipinski definition) is 1. The molecule has 1 N–H and O–H groups in total. The molecule has 4 aliphatic rings. The van der Waals surface area contributed by atoms with Gasteiger partial charge in [0.1, 0.15) is 0 Å². The Morgan fingerprint density at radius 1 is 1.50 bits per heavy atom. The van der Waals surface area contributed by atoms with Crippen molar-refractivity contribution in [1.82, 2.24) is 0 Å². The molecule has 2 unspecified atom stereocenters. The van der Waals surface area contributed by atoms with Gasteiger partial charge in [-0.05, 0) is 49.4 Å². The molecule has 16 heavy (non-hydrogen) atoms. The van der Waals surface area contributed by atoms with Gasteiger partial charge in [0.25, 0.3) is 0 Å². The van der Waals surface area contributed by atoms with Crippen molar-refractivity contribution in [3.63, 3.8) is 0 Å². The maximum absolute atomic E-state index is 11.2. The van der Waals surface area contributed by atoms with E-state index in [1.165, 1.54) is 18.4 Å². The molecule has 0 radical (unpaired) electrons. The second kappa shape index (κ2) is 2.91. The summed E-state index contributed by atoms with van der Waals surface area (Å²) in [5.74, 6) is 0.942. The Kier molecular flexibility index (Phi) is 1.88. The number of hydrogen-bond donors (Lipinski definition) is 1. The highest BCUT2D eigenvalue weighted by Crippen LogP contribution is 2.63. The molecule has 0 aromatic rings. The summed E-state index contributed by atoms with van der Waals surface area (Å²) < 4.78 is 0. The minimum Gasteiger partial charge on any atom is -0.481 e. The fraction of sp³-hybridized carbons (Fsp3) is 0.786. The third kappa shape index (κ3) is 1.22. The standard InChI is InChI=1S/C14H20O2/c1-13(2)10-4-3-9(11(13)7-10)8-14(5-6-14)12(15)16/h3,10-11H,4-8H2,1-2H3,(H,15,16). The van der Waals surface area contributed by atoms with Gasteiger partial charge >= 0.3 is 5.97 Å². The Labute approximate surface area is 96.7 Å². The number of fused-ring (bicyclic) bond motifs is 1. The van der Waals surface area contributed by atoms with Gasteiger partial charge in [0.2, 0.25) is 0 Å². The number of aliphatic carboxylic acids is 1. The third-order valence-electron chi connectivity index (χ3n) is 5.43. The summed E-state index contributed by atoms with van der Waals surface area (Å²) in [4.78, 5) is 11.2. The molecule has 88 valence electrons. The molecular formula is C14H20O2. The summed E-state index contributed by atoms with van der Waals surface area (Å²) in [7, 11) is 0. The van der Waals surface area contributed by atoms with Crippen LogP contribution >= 0.6 is 0 Å². The van der Waals surface area contributed by atoms with Crippen LogP contribution in [0, 0.1) is 22.7 Å². The van der Waals surface area contributed by atoms with E-state index >= 15 is 0 Å². The van der Waals surface area contributed by atoms with E-state index in [-0.39, 0.29) is 5.41 Å². The molecule has 2 saturated carbocycles. The van der Waals surface area contributed by atoms with E-state index < -0.39 is 5.97 Å². The molecule has 2 heteroatoms. The van der Waals surface area contributed by atoms with Crippen LogP contribution in [0.2, 0.25) is 0 Å². The molecule has 4 aliphatic carbocycles. The van der Waals surface area contributed by atoms with Crippen LogP contribution in [0.25, 0.3) is 0 Å². The van der Waals surface area contributed by atoms with Crippen molar-refractivity contribution in [2.24, 2.45) is 22.7 Å². The van der Waals surface area contributed by atoms with Crippen molar-refractivity contribution >= 4 is 5.97 Å². The van der Waals surface area contributed by atoms with Crippen LogP contribution in [0.1, 0.15) is 46.0 Å². The van der Waals surface area contributed by atoms with E-state index in [2.05, 4.69) is 19.9 Å². The normalized spacial score (nSPS) is 37.2. The fourth-order valence-electron chi connectivity index (χ4n) is 3.68. The predicted octanol–water partition coefficient (Wildman–Crippen LogP) is 3.23. The maximum Gasteiger partial charge on any atom is 0.309 e. The molecule has 0 spiro atoms. The monoisotopic (exact) mass is 220 g/mol. The lowest BCUT2D eigenvalue weighted by atomic mass is 9.48. The number of rotatable bonds is 3. The lowest BCUT2D eigenvalue weighted by Crippen LogP contribution is -2.48. The Morgan fingerprint density at radius 2 is 2.19 bits per heavy atom. The van der Waals surface area contributed by atoms with Crippen LogP contribution < -0.4 is 0 Å². The van der Waals surface area contributed by atoms with Gasteiger partial charge in [0.15, 0.2) is 0 Å². The number of carbonyl (C=O) groups is 1. The van der Waals surface area contributed by atoms with Crippen molar-refractivity contribution in [3.05, 3.63) is 11.6 Å². The van der Waals surface area contributed by atoms with E-state index in [1.807, 2.05) is 0 Å². The van der Waals surface area contributed by atoms with Crippen LogP contribution in [0.4, 0.5) is 0 Å². The first kappa shape index (κ1) is 10.4. The van der Waals surface area contributed by atoms with E-state index in [0.717, 1.165) is 25.2 Å². The topological polar surface area (TPSA) is 37.3 Å². The van der Waals surface area contributed by atoms with Crippen molar-refractivity contribution in [3.8, 4) is 0 Å². The summed E-state index contributed by atoms with van der Waals surface area (Å²) in [6, 6.07) is 0. The quantitative estimate of drug-likeness (QED) is 0.741. The van der Waals surface area contributed by atoms with E-state index in [1.54, 1.807) is 0 Å². The van der Waals surface area contributed by atoms with E-state index in [4.69, 9.17) is 0 Å². The third-order valence-corrected chi connectivity index (χ3v) is 5.43. The number of carboxylic acid groups (broad SMARTS) is 1. The zero-order chi connectivity index (χ0) is 11.6. The first-order valence-electron chi connectivity index (χ1n) is 6.38. The highest BCUT2D eigenvalue weighted by Gasteiger charge is 2.56. The van der Waals surface area contributed by atoms with Gasteiger partial charge in [-0.2, -0.15) is 0 Å². The molecule has 2 atom stereocenters. The minimum absolute atomic E-state index is 0.371. The average molecular weight is 220 g/mol. The molecule has 4 rings (SSSR count). The zero-order valence-electron chi connectivity index (χ0n) is 10.1. The van der Waals surface area contributed by atoms with Crippen molar-refractivity contribution in [1.29, 1.82) is 0 Å². The van der Waals surface area contributed by atoms with Crippen LogP contribution in [0.3, 0.4) is 0 Å². The number of carboxylic acids is 1. The van der Waals surface area contributed by atoms with Crippen LogP contribution in [-0.2, 0) is 4.79 Å². The summed E-state index contributed by atoms with van der Waals surface area (Å²) in [6.45, 7) is 4.69. The molecule has 2 fully saturated rings. The Morgan fingerprint density at radius 3 is 2.62 bits per heavy atom. The molecule has 0 heterocycles. The van der Waals surface area contributed by atoms with Gasteiger partial charge in [-0.1, -0.05) is 25.5 Å². The summed E-state index contributed by atoms with van der Waals surface area (Å²) in [6.07, 6.45) is 7.41. The lowest BCUT2D eigenvalue weighted by Gasteiger charge is -2.57. The average Bonchev–Trinajstić information content (AvgIpc) is 2.99. The molecule has 0 aromatic heterocycles. The second-order valence-electron chi connectivity index (χ2n) is 6.58. The highest BCUT2D eigenvalue weighted by atomic mass is 16.4. The maximum atomic E-state index is 11.2. The van der Waals surface area contributed by atoms with Crippen LogP contribution in [0.5, 0.6) is 0 Å². The second-order valence-corrected chi connectivity index (χ2v) is 6.58. The minimum atomic E-state index is -0.576. The first-order chi connectivity index (χ1) is 7.46. The smallest absolute Gasteiger partial charge is 0.309 e. The Balaban J connectivity index is 1.78. The van der Waals surface area contributed by atoms with E-state index in [9.17, 15) is 9.90 Å². The molecule has 2 bridgehead atoms. The summed E-state index contributed by atoms with van der Waals surface area (Å²) in [5, 5.41) is 9.24. The van der Waals surface area contributed by atoms with Crippen molar-refractivity contribution < 1.29 is 9.90 Å². The largest absolute Gasteiger partial charge is 0.481 e. The SMILES string of the molecule is CC1(C)C2CC=C(CC3(C(=O)O)CC3)C1C2. The molecule has 0 aliphatic heterocycles. The van der Waals surface area contributed by atoms with Crippen molar-refractivity contribution in [2.75, 3.05) is 0 Å². The summed E-state index contributed by atoms with van der Waals surface area (Å²) in [5.41, 5.74) is 1.51. The van der Waals surface area contributed by atoms with Gasteiger partial charge in [0, 0.05) is 0 Å². The van der Waals surface area contributed by atoms with E-state index in [0.29, 0.717) is 11.3 Å². The highest BCUT2D eigenvalue weighted by molar-refractivity contribution is 5.78. The van der Waals surface area contributed by atoms with Gasteiger partial charge in [-0.15, -0.1) is 0 Å². The van der Waals surface area contributed by atoms with Gasteiger partial charge in [-0.25, -0.2) is 0 Å².